The molecule has 1 aliphatic rings. The molecule has 4 aromatic rings. The molecule has 0 bridgehead atoms. The van der Waals surface area contributed by atoms with Gasteiger partial charge in [0.2, 0.25) is 10.9 Å². The molecule has 0 aliphatic carbocycles. The van der Waals surface area contributed by atoms with E-state index in [0.29, 0.717) is 42.9 Å². The number of halogens is 2. The highest BCUT2D eigenvalue weighted by atomic mass is 35.5. The van der Waals surface area contributed by atoms with Crippen molar-refractivity contribution >= 4 is 69.2 Å². The number of carbonyl (C=O) groups excluding carboxylic acids is 2. The van der Waals surface area contributed by atoms with Crippen LogP contribution in [0, 0.1) is 0 Å². The molecule has 1 aliphatic heterocycles. The average Bonchev–Trinajstić information content (AvgIpc) is 3.60. The van der Waals surface area contributed by atoms with Crippen LogP contribution in [0.2, 0.25) is 10.0 Å². The number of ether oxygens (including phenoxy) is 3. The summed E-state index contributed by atoms with van der Waals surface area (Å²) in [4.78, 5) is 28.5. The second-order valence-corrected chi connectivity index (χ2v) is 12.3. The van der Waals surface area contributed by atoms with Crippen molar-refractivity contribution in [2.45, 2.75) is 16.1 Å². The van der Waals surface area contributed by atoms with Crippen LogP contribution in [0.3, 0.4) is 0 Å². The summed E-state index contributed by atoms with van der Waals surface area (Å²) >= 11 is 14.8. The van der Waals surface area contributed by atoms with Crippen LogP contribution in [0.15, 0.2) is 82.4 Å². The lowest BCUT2D eigenvalue weighted by molar-refractivity contribution is -0.117. The minimum absolute atomic E-state index is 0.131. The van der Waals surface area contributed by atoms with Crippen LogP contribution in [-0.4, -0.2) is 48.3 Å². The number of amides is 1. The second kappa shape index (κ2) is 13.7. The Morgan fingerprint density at radius 2 is 1.73 bits per heavy atom. The minimum Gasteiger partial charge on any atom is -0.503 e. The minimum atomic E-state index is -1.08. The third-order valence-corrected chi connectivity index (χ3v) is 9.36. The molecule has 13 heteroatoms. The summed E-state index contributed by atoms with van der Waals surface area (Å²) in [5.74, 6) is -0.627. The monoisotopic (exact) mass is 669 g/mol. The van der Waals surface area contributed by atoms with Gasteiger partial charge in [-0.2, -0.15) is 0 Å². The van der Waals surface area contributed by atoms with Crippen molar-refractivity contribution in [2.24, 2.45) is 0 Å². The zero-order chi connectivity index (χ0) is 31.4. The van der Waals surface area contributed by atoms with Gasteiger partial charge in [-0.25, -0.2) is 0 Å². The van der Waals surface area contributed by atoms with Crippen molar-refractivity contribution in [3.05, 3.63) is 105 Å². The van der Waals surface area contributed by atoms with Crippen molar-refractivity contribution in [3.8, 4) is 17.2 Å². The molecule has 0 spiro atoms. The summed E-state index contributed by atoms with van der Waals surface area (Å²) < 4.78 is 17.1. The van der Waals surface area contributed by atoms with Gasteiger partial charge in [0.1, 0.15) is 0 Å². The fraction of sp³-hybridized carbons (Fsp3) is 0.161. The Kier molecular flexibility index (Phi) is 9.80. The first-order valence-electron chi connectivity index (χ1n) is 13.0. The summed E-state index contributed by atoms with van der Waals surface area (Å²) in [5.41, 5.74) is 1.92. The Labute approximate surface area is 271 Å². The number of nitrogens with zero attached hydrogens (tertiary/aromatic N) is 3. The van der Waals surface area contributed by atoms with E-state index in [1.807, 2.05) is 36.4 Å². The lowest BCUT2D eigenvalue weighted by atomic mass is 9.95. The highest BCUT2D eigenvalue weighted by Crippen LogP contribution is 2.47. The van der Waals surface area contributed by atoms with Crippen LogP contribution < -0.4 is 19.1 Å². The Morgan fingerprint density at radius 1 is 1.02 bits per heavy atom. The van der Waals surface area contributed by atoms with Gasteiger partial charge in [0.05, 0.1) is 32.9 Å². The average molecular weight is 671 g/mol. The summed E-state index contributed by atoms with van der Waals surface area (Å²) in [5, 5.41) is 20.9. The van der Waals surface area contributed by atoms with Gasteiger partial charge in [0.25, 0.3) is 5.91 Å². The number of ketones is 1. The predicted molar refractivity (Wildman–Crippen MR) is 172 cm³/mol. The molecule has 1 aromatic heterocycles. The highest BCUT2D eigenvalue weighted by molar-refractivity contribution is 8.00. The highest BCUT2D eigenvalue weighted by Gasteiger charge is 2.46. The van der Waals surface area contributed by atoms with E-state index in [-0.39, 0.29) is 10.7 Å². The van der Waals surface area contributed by atoms with Gasteiger partial charge >= 0.3 is 0 Å². The van der Waals surface area contributed by atoms with Gasteiger partial charge < -0.3 is 19.3 Å². The van der Waals surface area contributed by atoms with Crippen molar-refractivity contribution in [1.29, 1.82) is 0 Å². The Morgan fingerprint density at radius 3 is 2.36 bits per heavy atom. The molecule has 44 heavy (non-hydrogen) atoms. The number of aromatic nitrogens is 2. The smallest absolute Gasteiger partial charge is 0.296 e. The van der Waals surface area contributed by atoms with E-state index < -0.39 is 23.5 Å². The molecule has 9 nitrogen and oxygen atoms in total. The first-order chi connectivity index (χ1) is 21.2. The largest absolute Gasteiger partial charge is 0.503 e. The maximum absolute atomic E-state index is 13.7. The Balaban J connectivity index is 1.54. The second-order valence-electron chi connectivity index (χ2n) is 9.28. The topological polar surface area (TPSA) is 111 Å². The fourth-order valence-electron chi connectivity index (χ4n) is 4.59. The van der Waals surface area contributed by atoms with Crippen molar-refractivity contribution in [2.75, 3.05) is 26.2 Å². The molecule has 226 valence electrons. The maximum Gasteiger partial charge on any atom is 0.296 e. The zero-order valence-corrected chi connectivity index (χ0v) is 26.8. The third-order valence-electron chi connectivity index (χ3n) is 6.67. The van der Waals surface area contributed by atoms with Gasteiger partial charge in [-0.1, -0.05) is 88.8 Å². The zero-order valence-electron chi connectivity index (χ0n) is 23.6. The summed E-state index contributed by atoms with van der Waals surface area (Å²) in [6, 6.07) is 16.6. The number of anilines is 1. The van der Waals surface area contributed by atoms with Gasteiger partial charge in [-0.3, -0.25) is 14.5 Å². The van der Waals surface area contributed by atoms with E-state index in [1.165, 1.54) is 44.1 Å². The molecular formula is C31H25Cl2N3O6S2. The normalized spacial score (nSPS) is 14.9. The van der Waals surface area contributed by atoms with Gasteiger partial charge in [-0.15, -0.1) is 10.2 Å². The van der Waals surface area contributed by atoms with E-state index in [2.05, 4.69) is 10.2 Å². The quantitative estimate of drug-likeness (QED) is 0.0995. The van der Waals surface area contributed by atoms with E-state index in [0.717, 1.165) is 22.5 Å². The molecular weight excluding hydrogens is 645 g/mol. The standard InChI is InChI=1S/C31H25Cl2N3O6S2/c1-40-23-13-19(14-24(41-2)28(23)42-3)26-25(22(37)12-9-17-7-5-4-6-8-17)27(38)29(39)36(26)30-34-35-31(44-30)43-16-18-10-11-20(32)15-21(18)33/h4-15,26,38H,16H2,1-3H3/b12-9+. The number of allylic oxidation sites excluding steroid dienone is 1. The Hall–Kier alpha value is -4.03. The summed E-state index contributed by atoms with van der Waals surface area (Å²) in [6.45, 7) is 0. The van der Waals surface area contributed by atoms with Crippen LogP contribution in [0.5, 0.6) is 17.2 Å². The van der Waals surface area contributed by atoms with Crippen LogP contribution in [0.1, 0.15) is 22.7 Å². The lowest BCUT2D eigenvalue weighted by Gasteiger charge is -2.25. The SMILES string of the molecule is COc1cc(C2C(C(=O)/C=C/c3ccccc3)=C(O)C(=O)N2c2nnc(SCc3ccc(Cl)cc3Cl)s2)cc(OC)c1OC. The van der Waals surface area contributed by atoms with Crippen molar-refractivity contribution in [3.63, 3.8) is 0 Å². The number of hydrogen-bond acceptors (Lipinski definition) is 10. The maximum atomic E-state index is 13.7. The van der Waals surface area contributed by atoms with Crippen LogP contribution in [-0.2, 0) is 15.3 Å². The first-order valence-corrected chi connectivity index (χ1v) is 15.6. The van der Waals surface area contributed by atoms with E-state index in [4.69, 9.17) is 37.4 Å². The molecule has 0 fully saturated rings. The predicted octanol–water partition coefficient (Wildman–Crippen LogP) is 7.35. The number of thioether (sulfide) groups is 1. The number of methoxy groups -OCH3 is 3. The van der Waals surface area contributed by atoms with E-state index in [9.17, 15) is 14.7 Å². The molecule has 5 rings (SSSR count). The van der Waals surface area contributed by atoms with Gasteiger partial charge in [0, 0.05) is 15.8 Å². The van der Waals surface area contributed by atoms with Crippen LogP contribution in [0.4, 0.5) is 5.13 Å². The van der Waals surface area contributed by atoms with E-state index >= 15 is 0 Å². The first kappa shape index (κ1) is 31.4. The molecule has 0 saturated heterocycles. The number of aliphatic hydroxyl groups excluding tert-OH is 1. The summed E-state index contributed by atoms with van der Waals surface area (Å²) in [7, 11) is 4.39. The van der Waals surface area contributed by atoms with Crippen LogP contribution >= 0.6 is 46.3 Å². The third kappa shape index (κ3) is 6.41. The molecule has 3 aromatic carbocycles. The number of rotatable bonds is 11. The molecule has 1 amide bonds. The van der Waals surface area contributed by atoms with Gasteiger partial charge in [-0.05, 0) is 47.0 Å². The van der Waals surface area contributed by atoms with Crippen molar-refractivity contribution < 1.29 is 28.9 Å². The Bertz CT molecular complexity index is 1750. The van der Waals surface area contributed by atoms with Crippen molar-refractivity contribution in [1.82, 2.24) is 10.2 Å². The number of benzene rings is 3. The van der Waals surface area contributed by atoms with E-state index in [1.54, 1.807) is 30.3 Å². The number of aliphatic hydroxyl groups is 1. The molecule has 1 N–H and O–H groups in total. The molecule has 1 atom stereocenters. The molecule has 2 heterocycles. The summed E-state index contributed by atoms with van der Waals surface area (Å²) in [6.07, 6.45) is 2.93. The fourth-order valence-corrected chi connectivity index (χ4v) is 7.02. The molecule has 0 radical (unpaired) electrons. The van der Waals surface area contributed by atoms with Crippen LogP contribution in [0.25, 0.3) is 6.08 Å². The van der Waals surface area contributed by atoms with Gasteiger partial charge in [0.15, 0.2) is 27.4 Å². The molecule has 1 unspecified atom stereocenters. The lowest BCUT2D eigenvalue weighted by Crippen LogP contribution is -2.31. The molecule has 0 saturated carbocycles. The number of carbonyl (C=O) groups is 2. The number of hydrogen-bond donors (Lipinski definition) is 1.